The van der Waals surface area contributed by atoms with Crippen LogP contribution in [0.5, 0.6) is 0 Å². The van der Waals surface area contributed by atoms with E-state index in [0.29, 0.717) is 0 Å². The van der Waals surface area contributed by atoms with Gasteiger partial charge < -0.3 is 5.73 Å². The zero-order valence-electron chi connectivity index (χ0n) is 8.12. The number of hydrogen-bond donors (Lipinski definition) is 1. The van der Waals surface area contributed by atoms with Crippen LogP contribution in [0.4, 0.5) is 0 Å². The molecule has 2 N–H and O–H groups in total. The zero-order chi connectivity index (χ0) is 10.7. The molecule has 0 amide bonds. The normalized spacial score (nSPS) is 12.7. The quantitative estimate of drug-likeness (QED) is 0.887. The average molecular weight is 238 g/mol. The van der Waals surface area contributed by atoms with Crippen molar-refractivity contribution in [2.24, 2.45) is 5.73 Å². The second-order valence-electron chi connectivity index (χ2n) is 3.03. The van der Waals surface area contributed by atoms with Crippen LogP contribution in [0.15, 0.2) is 33.2 Å². The van der Waals surface area contributed by atoms with E-state index in [1.54, 1.807) is 11.7 Å². The lowest BCUT2D eigenvalue weighted by atomic mass is 10.2. The Morgan fingerprint density at radius 2 is 2.33 bits per heavy atom. The first-order valence-corrected chi connectivity index (χ1v) is 6.11. The number of hydrogen-bond acceptors (Lipinski definition) is 6. The van der Waals surface area contributed by atoms with Gasteiger partial charge in [-0.05, 0) is 30.3 Å². The molecule has 0 bridgehead atoms. The summed E-state index contributed by atoms with van der Waals surface area (Å²) in [7, 11) is 0. The SMILES string of the molecule is CC(N)c1ccc(Sc2nncs2)nc1. The summed E-state index contributed by atoms with van der Waals surface area (Å²) in [5.41, 5.74) is 8.48. The molecule has 6 heteroatoms. The van der Waals surface area contributed by atoms with E-state index in [4.69, 9.17) is 5.73 Å². The molecule has 2 rings (SSSR count). The minimum atomic E-state index is 0.0260. The lowest BCUT2D eigenvalue weighted by Gasteiger charge is -2.04. The van der Waals surface area contributed by atoms with Crippen LogP contribution < -0.4 is 5.73 Å². The molecule has 2 aromatic rings. The van der Waals surface area contributed by atoms with Crippen LogP contribution >= 0.6 is 23.1 Å². The fourth-order valence-corrected chi connectivity index (χ4v) is 2.38. The third kappa shape index (κ3) is 2.74. The number of pyridine rings is 1. The van der Waals surface area contributed by atoms with Crippen molar-refractivity contribution >= 4 is 23.1 Å². The van der Waals surface area contributed by atoms with Gasteiger partial charge in [0.05, 0.1) is 0 Å². The third-order valence-corrected chi connectivity index (χ3v) is 3.55. The molecule has 0 spiro atoms. The summed E-state index contributed by atoms with van der Waals surface area (Å²) in [6.45, 7) is 1.94. The fraction of sp³-hybridized carbons (Fsp3) is 0.222. The maximum absolute atomic E-state index is 5.73. The van der Waals surface area contributed by atoms with Crippen LogP contribution in [0.3, 0.4) is 0 Å². The summed E-state index contributed by atoms with van der Waals surface area (Å²) >= 11 is 3.01. The molecule has 2 heterocycles. The largest absolute Gasteiger partial charge is 0.324 e. The van der Waals surface area contributed by atoms with Crippen LogP contribution in [0.1, 0.15) is 18.5 Å². The van der Waals surface area contributed by atoms with E-state index in [9.17, 15) is 0 Å². The van der Waals surface area contributed by atoms with Crippen LogP contribution in [0, 0.1) is 0 Å². The molecule has 0 radical (unpaired) electrons. The standard InChI is InChI=1S/C9H10N4S2/c1-6(10)7-2-3-8(11-4-7)15-9-13-12-5-14-9/h2-6H,10H2,1H3. The third-order valence-electron chi connectivity index (χ3n) is 1.82. The van der Waals surface area contributed by atoms with E-state index in [2.05, 4.69) is 15.2 Å². The highest BCUT2D eigenvalue weighted by Crippen LogP contribution is 2.26. The van der Waals surface area contributed by atoms with Crippen molar-refractivity contribution in [3.63, 3.8) is 0 Å². The highest BCUT2D eigenvalue weighted by Gasteiger charge is 2.03. The molecule has 15 heavy (non-hydrogen) atoms. The van der Waals surface area contributed by atoms with E-state index in [0.717, 1.165) is 14.9 Å². The summed E-state index contributed by atoms with van der Waals surface area (Å²) in [4.78, 5) is 4.30. The second kappa shape index (κ2) is 4.69. The molecule has 78 valence electrons. The minimum Gasteiger partial charge on any atom is -0.324 e. The zero-order valence-corrected chi connectivity index (χ0v) is 9.76. The topological polar surface area (TPSA) is 64.7 Å². The Labute approximate surface area is 95.9 Å². The molecule has 0 aliphatic carbocycles. The number of aromatic nitrogens is 3. The van der Waals surface area contributed by atoms with Gasteiger partial charge in [0, 0.05) is 12.2 Å². The Morgan fingerprint density at radius 1 is 1.47 bits per heavy atom. The maximum atomic E-state index is 5.73. The molecule has 0 aliphatic rings. The first-order valence-electron chi connectivity index (χ1n) is 4.41. The van der Waals surface area contributed by atoms with Gasteiger partial charge in [-0.3, -0.25) is 0 Å². The molecule has 2 aromatic heterocycles. The van der Waals surface area contributed by atoms with Gasteiger partial charge in [0.1, 0.15) is 10.5 Å². The van der Waals surface area contributed by atoms with Gasteiger partial charge in [0.15, 0.2) is 4.34 Å². The molecule has 0 saturated carbocycles. The number of nitrogens with zero attached hydrogens (tertiary/aromatic N) is 3. The highest BCUT2D eigenvalue weighted by atomic mass is 32.2. The van der Waals surface area contributed by atoms with E-state index >= 15 is 0 Å². The Kier molecular flexibility index (Phi) is 3.30. The number of rotatable bonds is 3. The summed E-state index contributed by atoms with van der Waals surface area (Å²) < 4.78 is 0.899. The van der Waals surface area contributed by atoms with Crippen molar-refractivity contribution in [1.82, 2.24) is 15.2 Å². The monoisotopic (exact) mass is 238 g/mol. The second-order valence-corrected chi connectivity index (χ2v) is 5.13. The van der Waals surface area contributed by atoms with Crippen molar-refractivity contribution in [3.8, 4) is 0 Å². The Hall–Kier alpha value is -0.980. The van der Waals surface area contributed by atoms with E-state index in [1.165, 1.54) is 23.1 Å². The van der Waals surface area contributed by atoms with Gasteiger partial charge in [-0.2, -0.15) is 0 Å². The summed E-state index contributed by atoms with van der Waals surface area (Å²) in [5.74, 6) is 0. The average Bonchev–Trinajstić information content (AvgIpc) is 2.71. The Morgan fingerprint density at radius 3 is 2.87 bits per heavy atom. The van der Waals surface area contributed by atoms with Gasteiger partial charge in [-0.25, -0.2) is 4.98 Å². The van der Waals surface area contributed by atoms with E-state index in [-0.39, 0.29) is 6.04 Å². The summed E-state index contributed by atoms with van der Waals surface area (Å²) in [6.07, 6.45) is 1.80. The molecule has 0 aromatic carbocycles. The molecule has 0 aliphatic heterocycles. The molecule has 0 saturated heterocycles. The molecule has 0 fully saturated rings. The predicted octanol–water partition coefficient (Wildman–Crippen LogP) is 2.10. The van der Waals surface area contributed by atoms with Crippen LogP contribution in [0.25, 0.3) is 0 Å². The van der Waals surface area contributed by atoms with E-state index in [1.807, 2.05) is 19.1 Å². The molecular formula is C9H10N4S2. The van der Waals surface area contributed by atoms with Crippen molar-refractivity contribution in [1.29, 1.82) is 0 Å². The summed E-state index contributed by atoms with van der Waals surface area (Å²) in [6, 6.07) is 3.96. The Balaban J connectivity index is 2.11. The smallest absolute Gasteiger partial charge is 0.180 e. The maximum Gasteiger partial charge on any atom is 0.180 e. The van der Waals surface area contributed by atoms with Gasteiger partial charge in [0.2, 0.25) is 0 Å². The van der Waals surface area contributed by atoms with Crippen LogP contribution in [-0.2, 0) is 0 Å². The van der Waals surface area contributed by atoms with Crippen molar-refractivity contribution < 1.29 is 0 Å². The molecule has 1 atom stereocenters. The highest BCUT2D eigenvalue weighted by molar-refractivity contribution is 8.00. The van der Waals surface area contributed by atoms with Gasteiger partial charge in [0.25, 0.3) is 0 Å². The molecule has 4 nitrogen and oxygen atoms in total. The van der Waals surface area contributed by atoms with Crippen molar-refractivity contribution in [3.05, 3.63) is 29.4 Å². The first kappa shape index (κ1) is 10.5. The van der Waals surface area contributed by atoms with Gasteiger partial charge in [-0.1, -0.05) is 17.4 Å². The lowest BCUT2D eigenvalue weighted by molar-refractivity contribution is 0.806. The predicted molar refractivity (Wildman–Crippen MR) is 60.9 cm³/mol. The van der Waals surface area contributed by atoms with Crippen molar-refractivity contribution in [2.75, 3.05) is 0 Å². The van der Waals surface area contributed by atoms with Crippen LogP contribution in [-0.4, -0.2) is 15.2 Å². The van der Waals surface area contributed by atoms with Gasteiger partial charge >= 0.3 is 0 Å². The molecular weight excluding hydrogens is 228 g/mol. The Bertz CT molecular complexity index is 410. The first-order chi connectivity index (χ1) is 7.25. The molecule has 1 unspecified atom stereocenters. The van der Waals surface area contributed by atoms with Crippen LogP contribution in [0.2, 0.25) is 0 Å². The lowest BCUT2D eigenvalue weighted by Crippen LogP contribution is -2.04. The fourth-order valence-electron chi connectivity index (χ4n) is 1.02. The van der Waals surface area contributed by atoms with Gasteiger partial charge in [-0.15, -0.1) is 10.2 Å². The number of nitrogens with two attached hydrogens (primary N) is 1. The van der Waals surface area contributed by atoms with E-state index < -0.39 is 0 Å². The minimum absolute atomic E-state index is 0.0260. The van der Waals surface area contributed by atoms with Crippen molar-refractivity contribution in [2.45, 2.75) is 22.3 Å². The summed E-state index contributed by atoms with van der Waals surface area (Å²) in [5, 5.41) is 8.61.